The quantitative estimate of drug-likeness (QED) is 0.231. The zero-order valence-electron chi connectivity index (χ0n) is 21.5. The van der Waals surface area contributed by atoms with Crippen LogP contribution in [-0.2, 0) is 0 Å². The lowest BCUT2D eigenvalue weighted by atomic mass is 10.0. The van der Waals surface area contributed by atoms with Gasteiger partial charge in [0.05, 0.1) is 11.0 Å². The lowest BCUT2D eigenvalue weighted by Crippen LogP contribution is -2.45. The maximum atomic E-state index is 5.25. The molecule has 0 amide bonds. The van der Waals surface area contributed by atoms with Gasteiger partial charge in [0.15, 0.2) is 0 Å². The molecule has 0 fully saturated rings. The van der Waals surface area contributed by atoms with Crippen LogP contribution in [0.4, 0.5) is 0 Å². The second kappa shape index (κ2) is 9.84. The maximum Gasteiger partial charge on any atom is 0.132 e. The van der Waals surface area contributed by atoms with E-state index < -0.39 is 0 Å². The Kier molecular flexibility index (Phi) is 6.03. The van der Waals surface area contributed by atoms with E-state index in [0.29, 0.717) is 0 Å². The topological polar surface area (TPSA) is 32.6 Å². The van der Waals surface area contributed by atoms with Crippen LogP contribution in [0.25, 0.3) is 27.5 Å². The van der Waals surface area contributed by atoms with E-state index in [1.165, 1.54) is 32.9 Å². The van der Waals surface area contributed by atoms with E-state index in [1.807, 2.05) is 0 Å². The molecular weight excluding hydrogens is 544 g/mol. The fourth-order valence-corrected chi connectivity index (χ4v) is 6.05. The van der Waals surface area contributed by atoms with E-state index in [-0.39, 0.29) is 12.3 Å². The van der Waals surface area contributed by atoms with Crippen LogP contribution in [0.5, 0.6) is 0 Å². The molecule has 5 aromatic carbocycles. The Labute approximate surface area is 236 Å². The Morgan fingerprint density at radius 1 is 0.667 bits per heavy atom. The molecule has 1 N–H and O–H groups in total. The Bertz CT molecular complexity index is 1820. The van der Waals surface area contributed by atoms with Gasteiger partial charge in [0, 0.05) is 26.5 Å². The van der Waals surface area contributed by atoms with Crippen molar-refractivity contribution < 1.29 is 0 Å². The van der Waals surface area contributed by atoms with E-state index in [2.05, 4.69) is 165 Å². The predicted molar refractivity (Wildman–Crippen MR) is 164 cm³/mol. The first-order valence-corrected chi connectivity index (χ1v) is 13.9. The van der Waals surface area contributed by atoms with Gasteiger partial charge in [-0.1, -0.05) is 107 Å². The molecule has 39 heavy (non-hydrogen) atoms. The maximum absolute atomic E-state index is 5.25. The fourth-order valence-electron chi connectivity index (χ4n) is 5.69. The van der Waals surface area contributed by atoms with Gasteiger partial charge in [0.2, 0.25) is 0 Å². The van der Waals surface area contributed by atoms with E-state index in [4.69, 9.17) is 4.99 Å². The van der Waals surface area contributed by atoms with Crippen molar-refractivity contribution in [2.24, 2.45) is 4.99 Å². The third kappa shape index (κ3) is 4.24. The van der Waals surface area contributed by atoms with Gasteiger partial charge in [-0.2, -0.15) is 0 Å². The molecule has 2 unspecified atom stereocenters. The number of aliphatic imine (C=N–C) groups is 1. The molecular formula is C34H27BrN4. The summed E-state index contributed by atoms with van der Waals surface area (Å²) in [4.78, 5) is 7.55. The fraction of sp³-hybridized carbons (Fsp3) is 0.0882. The van der Waals surface area contributed by atoms with Crippen LogP contribution in [0, 0.1) is 0 Å². The van der Waals surface area contributed by atoms with Crippen molar-refractivity contribution in [2.75, 3.05) is 7.05 Å². The van der Waals surface area contributed by atoms with Crippen LogP contribution >= 0.6 is 15.9 Å². The number of benzene rings is 5. The summed E-state index contributed by atoms with van der Waals surface area (Å²) in [5, 5.41) is 6.22. The number of aromatic nitrogens is 1. The molecule has 0 radical (unpaired) electrons. The van der Waals surface area contributed by atoms with E-state index in [9.17, 15) is 0 Å². The van der Waals surface area contributed by atoms with Gasteiger partial charge in [-0.25, -0.2) is 4.99 Å². The molecule has 1 aliphatic rings. The molecule has 0 spiro atoms. The molecule has 0 bridgehead atoms. The van der Waals surface area contributed by atoms with Crippen molar-refractivity contribution in [3.63, 3.8) is 0 Å². The summed E-state index contributed by atoms with van der Waals surface area (Å²) in [5.74, 6) is 0.890. The lowest BCUT2D eigenvalue weighted by Gasteiger charge is -2.39. The van der Waals surface area contributed by atoms with Crippen LogP contribution in [0.3, 0.4) is 0 Å². The van der Waals surface area contributed by atoms with Crippen molar-refractivity contribution in [1.82, 2.24) is 14.8 Å². The standard InChI is InChI=1S/C34H27BrN4/c1-38-33(23-11-4-2-5-12-23)36-32(37-34(38)24-13-6-3-7-14-24)25-15-10-16-27(21-25)39-30-18-9-8-17-28(30)29-22-26(35)19-20-31(29)39/h2-22,33-34H,1H3,(H,36,37). The first-order valence-electron chi connectivity index (χ1n) is 13.1. The number of amidine groups is 1. The van der Waals surface area contributed by atoms with Crippen LogP contribution in [0.1, 0.15) is 29.0 Å². The van der Waals surface area contributed by atoms with E-state index in [0.717, 1.165) is 21.6 Å². The molecule has 1 aromatic heterocycles. The molecule has 4 nitrogen and oxygen atoms in total. The number of para-hydroxylation sites is 1. The average Bonchev–Trinajstić information content (AvgIpc) is 3.32. The Morgan fingerprint density at radius 2 is 1.36 bits per heavy atom. The highest BCUT2D eigenvalue weighted by atomic mass is 79.9. The monoisotopic (exact) mass is 570 g/mol. The minimum absolute atomic E-state index is 0.0156. The first-order chi connectivity index (χ1) is 19.2. The van der Waals surface area contributed by atoms with Gasteiger partial charge in [0.25, 0.3) is 0 Å². The van der Waals surface area contributed by atoms with Crippen LogP contribution < -0.4 is 5.32 Å². The molecule has 1 aliphatic heterocycles. The summed E-state index contributed by atoms with van der Waals surface area (Å²) in [6.45, 7) is 0. The van der Waals surface area contributed by atoms with Crippen LogP contribution in [0.2, 0.25) is 0 Å². The van der Waals surface area contributed by atoms with Crippen molar-refractivity contribution in [3.8, 4) is 5.69 Å². The summed E-state index contributed by atoms with van der Waals surface area (Å²) in [6, 6.07) is 44.9. The SMILES string of the molecule is CN1C(c2ccccc2)N=C(c2cccc(-n3c4ccccc4c4cc(Br)ccc43)c2)NC1c1ccccc1. The van der Waals surface area contributed by atoms with Crippen molar-refractivity contribution in [2.45, 2.75) is 12.3 Å². The van der Waals surface area contributed by atoms with Gasteiger partial charge in [-0.15, -0.1) is 0 Å². The largest absolute Gasteiger partial charge is 0.350 e. The summed E-state index contributed by atoms with van der Waals surface area (Å²) in [7, 11) is 2.13. The number of fused-ring (bicyclic) bond motifs is 3. The number of nitrogens with zero attached hydrogens (tertiary/aromatic N) is 3. The normalized spacial score (nSPS) is 17.7. The second-order valence-corrected chi connectivity index (χ2v) is 10.9. The zero-order valence-corrected chi connectivity index (χ0v) is 23.1. The van der Waals surface area contributed by atoms with Gasteiger partial charge >= 0.3 is 0 Å². The summed E-state index contributed by atoms with van der Waals surface area (Å²) in [5.41, 5.74) is 6.91. The average molecular weight is 572 g/mol. The minimum Gasteiger partial charge on any atom is -0.350 e. The predicted octanol–water partition coefficient (Wildman–Crippen LogP) is 8.23. The first kappa shape index (κ1) is 23.9. The lowest BCUT2D eigenvalue weighted by molar-refractivity contribution is 0.152. The number of hydrogen-bond acceptors (Lipinski definition) is 3. The molecule has 2 heterocycles. The smallest absolute Gasteiger partial charge is 0.132 e. The highest BCUT2D eigenvalue weighted by Crippen LogP contribution is 2.35. The number of nitrogens with one attached hydrogen (secondary N) is 1. The Hall–Kier alpha value is -4.19. The molecule has 0 saturated carbocycles. The Balaban J connectivity index is 1.38. The molecule has 5 heteroatoms. The van der Waals surface area contributed by atoms with E-state index >= 15 is 0 Å². The summed E-state index contributed by atoms with van der Waals surface area (Å²) in [6.07, 6.45) is -0.125. The molecule has 0 aliphatic carbocycles. The third-order valence-corrected chi connectivity index (χ3v) is 8.04. The number of hydrogen-bond donors (Lipinski definition) is 1. The zero-order chi connectivity index (χ0) is 26.3. The van der Waals surface area contributed by atoms with E-state index in [1.54, 1.807) is 0 Å². The molecule has 7 rings (SSSR count). The number of halogens is 1. The van der Waals surface area contributed by atoms with Crippen molar-refractivity contribution in [3.05, 3.63) is 149 Å². The third-order valence-electron chi connectivity index (χ3n) is 7.54. The van der Waals surface area contributed by atoms with Gasteiger partial charge < -0.3 is 9.88 Å². The molecule has 190 valence electrons. The van der Waals surface area contributed by atoms with Gasteiger partial charge in [-0.3, -0.25) is 4.90 Å². The van der Waals surface area contributed by atoms with Crippen LogP contribution in [-0.4, -0.2) is 22.4 Å². The Morgan fingerprint density at radius 3 is 2.15 bits per heavy atom. The summed E-state index contributed by atoms with van der Waals surface area (Å²) < 4.78 is 3.43. The second-order valence-electron chi connectivity index (χ2n) is 9.95. The van der Waals surface area contributed by atoms with Gasteiger partial charge in [0.1, 0.15) is 18.2 Å². The highest BCUT2D eigenvalue weighted by Gasteiger charge is 2.31. The minimum atomic E-state index is -0.109. The van der Waals surface area contributed by atoms with Gasteiger partial charge in [-0.05, 0) is 54.6 Å². The number of rotatable bonds is 4. The van der Waals surface area contributed by atoms with Crippen LogP contribution in [0.15, 0.2) is 137 Å². The van der Waals surface area contributed by atoms with Crippen molar-refractivity contribution in [1.29, 1.82) is 0 Å². The molecule has 0 saturated heterocycles. The summed E-state index contributed by atoms with van der Waals surface area (Å²) >= 11 is 3.66. The molecule has 2 atom stereocenters. The van der Waals surface area contributed by atoms with Crippen molar-refractivity contribution >= 4 is 43.6 Å². The highest BCUT2D eigenvalue weighted by molar-refractivity contribution is 9.10. The molecule has 6 aromatic rings.